The Morgan fingerprint density at radius 2 is 1.59 bits per heavy atom. The number of rotatable bonds is 10. The first-order valence-electron chi connectivity index (χ1n) is 7.38. The van der Waals surface area contributed by atoms with Gasteiger partial charge in [0.15, 0.2) is 0 Å². The van der Waals surface area contributed by atoms with Gasteiger partial charge in [-0.15, -0.1) is 0 Å². The molecule has 1 atom stereocenters. The summed E-state index contributed by atoms with van der Waals surface area (Å²) in [4.78, 5) is 2.54. The lowest BCUT2D eigenvalue weighted by molar-refractivity contribution is 0.210. The van der Waals surface area contributed by atoms with Crippen LogP contribution in [0.5, 0.6) is 0 Å². The summed E-state index contributed by atoms with van der Waals surface area (Å²) < 4.78 is 0. The lowest BCUT2D eigenvalue weighted by Gasteiger charge is -2.29. The fourth-order valence-corrected chi connectivity index (χ4v) is 1.99. The van der Waals surface area contributed by atoms with Crippen LogP contribution in [0.3, 0.4) is 0 Å². The molecule has 0 spiro atoms. The fourth-order valence-electron chi connectivity index (χ4n) is 1.99. The van der Waals surface area contributed by atoms with Crippen molar-refractivity contribution in [1.82, 2.24) is 10.2 Å². The average molecular weight is 242 g/mol. The van der Waals surface area contributed by atoms with Gasteiger partial charge in [0, 0.05) is 12.6 Å². The van der Waals surface area contributed by atoms with Crippen molar-refractivity contribution in [3.63, 3.8) is 0 Å². The van der Waals surface area contributed by atoms with E-state index in [4.69, 9.17) is 0 Å². The normalized spacial score (nSPS) is 13.9. The second-order valence-electron chi connectivity index (χ2n) is 6.16. The monoisotopic (exact) mass is 242 g/mol. The van der Waals surface area contributed by atoms with Gasteiger partial charge in [0.1, 0.15) is 0 Å². The standard InChI is InChI=1S/C15H34N2/c1-7-8-15(12-16-11-14(4)5)17(6)10-9-13(2)3/h13-16H,7-12H2,1-6H3. The lowest BCUT2D eigenvalue weighted by atomic mass is 10.1. The molecule has 0 saturated heterocycles. The maximum atomic E-state index is 3.60. The van der Waals surface area contributed by atoms with Crippen molar-refractivity contribution in [3.05, 3.63) is 0 Å². The molecule has 0 aromatic heterocycles. The van der Waals surface area contributed by atoms with Crippen LogP contribution < -0.4 is 5.32 Å². The van der Waals surface area contributed by atoms with Crippen LogP contribution in [0, 0.1) is 11.8 Å². The molecule has 104 valence electrons. The highest BCUT2D eigenvalue weighted by atomic mass is 15.1. The Bertz CT molecular complexity index is 166. The summed E-state index contributed by atoms with van der Waals surface area (Å²) in [5.74, 6) is 1.56. The van der Waals surface area contributed by atoms with Gasteiger partial charge in [-0.25, -0.2) is 0 Å². The summed E-state index contributed by atoms with van der Waals surface area (Å²) in [7, 11) is 2.28. The molecule has 2 nitrogen and oxygen atoms in total. The predicted octanol–water partition coefficient (Wildman–Crippen LogP) is 3.38. The molecule has 1 N–H and O–H groups in total. The number of nitrogens with zero attached hydrogens (tertiary/aromatic N) is 1. The molecule has 0 aliphatic carbocycles. The Labute approximate surface area is 109 Å². The number of nitrogens with one attached hydrogen (secondary N) is 1. The van der Waals surface area contributed by atoms with Crippen LogP contribution in [-0.2, 0) is 0 Å². The summed E-state index contributed by atoms with van der Waals surface area (Å²) in [6.07, 6.45) is 3.89. The van der Waals surface area contributed by atoms with E-state index >= 15 is 0 Å². The van der Waals surface area contributed by atoms with Crippen molar-refractivity contribution in [3.8, 4) is 0 Å². The van der Waals surface area contributed by atoms with Crippen molar-refractivity contribution in [2.75, 3.05) is 26.7 Å². The Balaban J connectivity index is 3.93. The molecule has 0 aromatic rings. The Hall–Kier alpha value is -0.0800. The first-order chi connectivity index (χ1) is 7.97. The molecule has 0 aromatic carbocycles. The van der Waals surface area contributed by atoms with Crippen molar-refractivity contribution < 1.29 is 0 Å². The molecule has 0 aliphatic rings. The number of hydrogen-bond donors (Lipinski definition) is 1. The van der Waals surface area contributed by atoms with Crippen LogP contribution in [-0.4, -0.2) is 37.6 Å². The first-order valence-corrected chi connectivity index (χ1v) is 7.38. The van der Waals surface area contributed by atoms with E-state index < -0.39 is 0 Å². The molecule has 2 heteroatoms. The Morgan fingerprint density at radius 1 is 0.941 bits per heavy atom. The molecule has 0 heterocycles. The van der Waals surface area contributed by atoms with E-state index in [9.17, 15) is 0 Å². The van der Waals surface area contributed by atoms with Gasteiger partial charge in [0.25, 0.3) is 0 Å². The highest BCUT2D eigenvalue weighted by Gasteiger charge is 2.13. The van der Waals surface area contributed by atoms with Crippen molar-refractivity contribution >= 4 is 0 Å². The second kappa shape index (κ2) is 9.90. The number of hydrogen-bond acceptors (Lipinski definition) is 2. The fraction of sp³-hybridized carbons (Fsp3) is 1.00. The zero-order chi connectivity index (χ0) is 13.3. The summed E-state index contributed by atoms with van der Waals surface area (Å²) in [6.45, 7) is 14.9. The first kappa shape index (κ1) is 16.9. The van der Waals surface area contributed by atoms with Crippen LogP contribution in [0.1, 0.15) is 53.9 Å². The minimum Gasteiger partial charge on any atom is -0.315 e. The zero-order valence-electron chi connectivity index (χ0n) is 12.9. The summed E-state index contributed by atoms with van der Waals surface area (Å²) >= 11 is 0. The van der Waals surface area contributed by atoms with E-state index in [0.717, 1.165) is 24.9 Å². The highest BCUT2D eigenvalue weighted by Crippen LogP contribution is 2.08. The maximum Gasteiger partial charge on any atom is 0.0217 e. The third kappa shape index (κ3) is 9.61. The van der Waals surface area contributed by atoms with Crippen LogP contribution >= 0.6 is 0 Å². The van der Waals surface area contributed by atoms with Crippen LogP contribution in [0.2, 0.25) is 0 Å². The van der Waals surface area contributed by atoms with Gasteiger partial charge in [-0.2, -0.15) is 0 Å². The van der Waals surface area contributed by atoms with Gasteiger partial charge < -0.3 is 10.2 Å². The van der Waals surface area contributed by atoms with Crippen LogP contribution in [0.4, 0.5) is 0 Å². The van der Waals surface area contributed by atoms with E-state index in [0.29, 0.717) is 6.04 Å². The van der Waals surface area contributed by atoms with E-state index in [1.54, 1.807) is 0 Å². The topological polar surface area (TPSA) is 15.3 Å². The molecule has 0 rings (SSSR count). The molecule has 0 amide bonds. The molecule has 17 heavy (non-hydrogen) atoms. The SMILES string of the molecule is CCCC(CNCC(C)C)N(C)CCC(C)C. The molecule has 0 radical (unpaired) electrons. The molecular formula is C15H34N2. The average Bonchev–Trinajstić information content (AvgIpc) is 2.24. The van der Waals surface area contributed by atoms with Crippen molar-refractivity contribution in [2.24, 2.45) is 11.8 Å². The van der Waals surface area contributed by atoms with E-state index in [1.807, 2.05) is 0 Å². The van der Waals surface area contributed by atoms with Gasteiger partial charge in [-0.05, 0) is 44.8 Å². The molecule has 1 unspecified atom stereocenters. The van der Waals surface area contributed by atoms with Crippen LogP contribution in [0.15, 0.2) is 0 Å². The summed E-state index contributed by atoms with van der Waals surface area (Å²) in [5.41, 5.74) is 0. The minimum atomic E-state index is 0.706. The quantitative estimate of drug-likeness (QED) is 0.632. The van der Waals surface area contributed by atoms with Crippen molar-refractivity contribution in [2.45, 2.75) is 59.9 Å². The summed E-state index contributed by atoms with van der Waals surface area (Å²) in [6, 6.07) is 0.706. The molecular weight excluding hydrogens is 208 g/mol. The smallest absolute Gasteiger partial charge is 0.0217 e. The van der Waals surface area contributed by atoms with Crippen LogP contribution in [0.25, 0.3) is 0 Å². The lowest BCUT2D eigenvalue weighted by Crippen LogP contribution is -2.41. The van der Waals surface area contributed by atoms with Gasteiger partial charge >= 0.3 is 0 Å². The van der Waals surface area contributed by atoms with E-state index in [-0.39, 0.29) is 0 Å². The highest BCUT2D eigenvalue weighted by molar-refractivity contribution is 4.72. The molecule has 0 bridgehead atoms. The Morgan fingerprint density at radius 3 is 2.06 bits per heavy atom. The third-order valence-electron chi connectivity index (χ3n) is 3.24. The largest absolute Gasteiger partial charge is 0.315 e. The molecule has 0 fully saturated rings. The van der Waals surface area contributed by atoms with Crippen molar-refractivity contribution in [1.29, 1.82) is 0 Å². The van der Waals surface area contributed by atoms with E-state index in [1.165, 1.54) is 25.8 Å². The molecule has 0 aliphatic heterocycles. The number of likely N-dealkylation sites (N-methyl/N-ethyl adjacent to an activating group) is 1. The van der Waals surface area contributed by atoms with E-state index in [2.05, 4.69) is 51.9 Å². The predicted molar refractivity (Wildman–Crippen MR) is 78.5 cm³/mol. The minimum absolute atomic E-state index is 0.706. The van der Waals surface area contributed by atoms with Gasteiger partial charge in [-0.1, -0.05) is 41.0 Å². The van der Waals surface area contributed by atoms with Gasteiger partial charge in [0.2, 0.25) is 0 Å². The van der Waals surface area contributed by atoms with Gasteiger partial charge in [0.05, 0.1) is 0 Å². The second-order valence-corrected chi connectivity index (χ2v) is 6.16. The third-order valence-corrected chi connectivity index (χ3v) is 3.24. The Kier molecular flexibility index (Phi) is 9.85. The molecule has 0 saturated carbocycles. The maximum absolute atomic E-state index is 3.60. The summed E-state index contributed by atoms with van der Waals surface area (Å²) in [5, 5.41) is 3.60. The zero-order valence-corrected chi connectivity index (χ0v) is 12.9. The van der Waals surface area contributed by atoms with Gasteiger partial charge in [-0.3, -0.25) is 0 Å².